The van der Waals surface area contributed by atoms with Crippen molar-refractivity contribution in [1.29, 1.82) is 0 Å². The Bertz CT molecular complexity index is 1240. The van der Waals surface area contributed by atoms with Crippen molar-refractivity contribution < 1.29 is 17.5 Å². The molecule has 1 aliphatic rings. The van der Waals surface area contributed by atoms with Gasteiger partial charge in [-0.15, -0.1) is 0 Å². The van der Waals surface area contributed by atoms with Gasteiger partial charge in [-0.1, -0.05) is 13.8 Å². The monoisotopic (exact) mass is 488 g/mol. The number of ether oxygens (including phenoxy) is 1. The molecule has 1 atom stereocenters. The molecule has 1 saturated heterocycles. The molecule has 2 heterocycles. The molecule has 34 heavy (non-hydrogen) atoms. The van der Waals surface area contributed by atoms with Crippen LogP contribution in [-0.2, 0) is 14.8 Å². The Morgan fingerprint density at radius 1 is 1.18 bits per heavy atom. The fourth-order valence-electron chi connectivity index (χ4n) is 4.69. The third-order valence-electron chi connectivity index (χ3n) is 6.38. The highest BCUT2D eigenvalue weighted by Gasteiger charge is 2.35. The van der Waals surface area contributed by atoms with Crippen LogP contribution in [0.1, 0.15) is 31.0 Å². The minimum Gasteiger partial charge on any atom is -0.384 e. The number of fused-ring (bicyclic) bond motifs is 1. The average Bonchev–Trinajstić information content (AvgIpc) is 3.20. The van der Waals surface area contributed by atoms with Crippen LogP contribution in [0, 0.1) is 18.7 Å². The van der Waals surface area contributed by atoms with Crippen LogP contribution in [0.2, 0.25) is 0 Å². The van der Waals surface area contributed by atoms with E-state index in [-0.39, 0.29) is 24.2 Å². The number of benzene rings is 2. The van der Waals surface area contributed by atoms with E-state index in [9.17, 15) is 12.8 Å². The lowest BCUT2D eigenvalue weighted by Gasteiger charge is -2.42. The molecule has 7 nitrogen and oxygen atoms in total. The molecular weight excluding hydrogens is 455 g/mol. The fraction of sp³-hybridized carbons (Fsp3) is 0.480. The van der Waals surface area contributed by atoms with E-state index < -0.39 is 10.0 Å². The summed E-state index contributed by atoms with van der Waals surface area (Å²) in [4.78, 5) is 2.39. The maximum absolute atomic E-state index is 13.4. The highest BCUT2D eigenvalue weighted by atomic mass is 32.2. The Balaban J connectivity index is 1.71. The van der Waals surface area contributed by atoms with E-state index in [2.05, 4.69) is 42.9 Å². The Morgan fingerprint density at radius 2 is 1.91 bits per heavy atom. The van der Waals surface area contributed by atoms with E-state index in [0.29, 0.717) is 25.6 Å². The molecule has 0 N–H and O–H groups in total. The molecule has 1 fully saturated rings. The van der Waals surface area contributed by atoms with Gasteiger partial charge in [0.15, 0.2) is 0 Å². The van der Waals surface area contributed by atoms with Gasteiger partial charge in [-0.2, -0.15) is 9.40 Å². The van der Waals surface area contributed by atoms with Crippen molar-refractivity contribution in [2.75, 3.05) is 45.6 Å². The maximum Gasteiger partial charge on any atom is 0.216 e. The van der Waals surface area contributed by atoms with Crippen molar-refractivity contribution in [2.45, 2.75) is 26.8 Å². The first-order valence-electron chi connectivity index (χ1n) is 11.6. The molecule has 184 valence electrons. The van der Waals surface area contributed by atoms with Crippen LogP contribution in [0.3, 0.4) is 0 Å². The molecule has 0 radical (unpaired) electrons. The van der Waals surface area contributed by atoms with Gasteiger partial charge in [-0.05, 0) is 60.4 Å². The number of sulfonamides is 1. The van der Waals surface area contributed by atoms with Gasteiger partial charge < -0.3 is 4.74 Å². The molecule has 0 bridgehead atoms. The van der Waals surface area contributed by atoms with Crippen molar-refractivity contribution in [3.05, 3.63) is 59.5 Å². The second-order valence-corrected chi connectivity index (χ2v) is 11.5. The maximum atomic E-state index is 13.4. The van der Waals surface area contributed by atoms with Crippen molar-refractivity contribution in [3.63, 3.8) is 0 Å². The van der Waals surface area contributed by atoms with E-state index in [0.717, 1.165) is 34.3 Å². The first-order chi connectivity index (χ1) is 16.2. The minimum atomic E-state index is -3.39. The lowest BCUT2D eigenvalue weighted by atomic mass is 9.96. The van der Waals surface area contributed by atoms with Crippen LogP contribution >= 0.6 is 0 Å². The number of halogens is 1. The number of rotatable bonds is 8. The van der Waals surface area contributed by atoms with Crippen molar-refractivity contribution in [3.8, 4) is 5.69 Å². The van der Waals surface area contributed by atoms with Gasteiger partial charge in [0.05, 0.1) is 29.8 Å². The van der Waals surface area contributed by atoms with Gasteiger partial charge in [0, 0.05) is 44.7 Å². The highest BCUT2D eigenvalue weighted by molar-refractivity contribution is 7.89. The third-order valence-corrected chi connectivity index (χ3v) is 8.18. The molecule has 2 aromatic carbocycles. The largest absolute Gasteiger partial charge is 0.384 e. The van der Waals surface area contributed by atoms with E-state index >= 15 is 0 Å². The summed E-state index contributed by atoms with van der Waals surface area (Å²) in [7, 11) is -1.88. The van der Waals surface area contributed by atoms with Crippen LogP contribution < -0.4 is 0 Å². The normalized spacial score (nSPS) is 18.2. The number of aromatic nitrogens is 2. The standard InChI is InChI=1S/C25H33FN4O3S/c1-18(2)16-28-9-10-29(34(31,32)12-11-33-4)17-25(28)23-14-20-15-27-30(24(20)13-19(23)3)22-7-5-21(26)6-8-22/h5-8,13-15,18,25H,9-12,16-17H2,1-4H3. The quantitative estimate of drug-likeness (QED) is 0.483. The predicted octanol–water partition coefficient (Wildman–Crippen LogP) is 3.76. The lowest BCUT2D eigenvalue weighted by Crippen LogP contribution is -2.52. The highest BCUT2D eigenvalue weighted by Crippen LogP contribution is 2.33. The zero-order chi connectivity index (χ0) is 24.5. The van der Waals surface area contributed by atoms with Gasteiger partial charge in [0.25, 0.3) is 0 Å². The average molecular weight is 489 g/mol. The molecule has 3 aromatic rings. The first kappa shape index (κ1) is 24.8. The van der Waals surface area contributed by atoms with Crippen molar-refractivity contribution in [2.24, 2.45) is 5.92 Å². The van der Waals surface area contributed by atoms with E-state index in [1.165, 1.54) is 19.2 Å². The lowest BCUT2D eigenvalue weighted by molar-refractivity contribution is 0.104. The van der Waals surface area contributed by atoms with E-state index in [4.69, 9.17) is 4.74 Å². The van der Waals surface area contributed by atoms with Gasteiger partial charge in [-0.25, -0.2) is 17.5 Å². The van der Waals surface area contributed by atoms with Crippen LogP contribution in [-0.4, -0.2) is 73.1 Å². The summed E-state index contributed by atoms with van der Waals surface area (Å²) in [5.74, 6) is 0.165. The van der Waals surface area contributed by atoms with Gasteiger partial charge in [0.1, 0.15) is 5.82 Å². The summed E-state index contributed by atoms with van der Waals surface area (Å²) in [6.07, 6.45) is 1.81. The second-order valence-electron chi connectivity index (χ2n) is 9.37. The third kappa shape index (κ3) is 5.17. The van der Waals surface area contributed by atoms with E-state index in [1.54, 1.807) is 21.1 Å². The molecule has 0 aliphatic carbocycles. The molecule has 0 amide bonds. The summed E-state index contributed by atoms with van der Waals surface area (Å²) < 4.78 is 47.7. The minimum absolute atomic E-state index is 0.0111. The van der Waals surface area contributed by atoms with Gasteiger partial charge in [0.2, 0.25) is 10.0 Å². The number of hydrogen-bond acceptors (Lipinski definition) is 5. The van der Waals surface area contributed by atoms with E-state index in [1.807, 2.05) is 6.20 Å². The van der Waals surface area contributed by atoms with Crippen LogP contribution in [0.5, 0.6) is 0 Å². The Hall–Kier alpha value is -2.33. The summed E-state index contributed by atoms with van der Waals surface area (Å²) in [6.45, 7) is 9.08. The number of aryl methyl sites for hydroxylation is 1. The van der Waals surface area contributed by atoms with Crippen LogP contribution in [0.15, 0.2) is 42.6 Å². The summed E-state index contributed by atoms with van der Waals surface area (Å²) in [6, 6.07) is 10.4. The number of piperazine rings is 1. The molecule has 4 rings (SSSR count). The number of methoxy groups -OCH3 is 1. The molecule has 1 aliphatic heterocycles. The van der Waals surface area contributed by atoms with Crippen LogP contribution in [0.25, 0.3) is 16.6 Å². The smallest absolute Gasteiger partial charge is 0.216 e. The summed E-state index contributed by atoms with van der Waals surface area (Å²) in [5, 5.41) is 5.50. The predicted molar refractivity (Wildman–Crippen MR) is 132 cm³/mol. The Kier molecular flexibility index (Phi) is 7.37. The zero-order valence-corrected chi connectivity index (χ0v) is 21.1. The first-order valence-corrected chi connectivity index (χ1v) is 13.3. The fourth-order valence-corrected chi connectivity index (χ4v) is 6.06. The van der Waals surface area contributed by atoms with Crippen molar-refractivity contribution >= 4 is 20.9 Å². The molecule has 9 heteroatoms. The van der Waals surface area contributed by atoms with Crippen molar-refractivity contribution in [1.82, 2.24) is 19.0 Å². The summed E-state index contributed by atoms with van der Waals surface area (Å²) in [5.41, 5.74) is 3.91. The zero-order valence-electron chi connectivity index (χ0n) is 20.2. The molecular formula is C25H33FN4O3S. The molecule has 1 aromatic heterocycles. The van der Waals surface area contributed by atoms with Crippen LogP contribution in [0.4, 0.5) is 4.39 Å². The summed E-state index contributed by atoms with van der Waals surface area (Å²) >= 11 is 0. The van der Waals surface area contributed by atoms with Gasteiger partial charge >= 0.3 is 0 Å². The van der Waals surface area contributed by atoms with Gasteiger partial charge in [-0.3, -0.25) is 4.90 Å². The molecule has 0 spiro atoms. The Morgan fingerprint density at radius 3 is 2.59 bits per heavy atom. The molecule has 0 saturated carbocycles. The SMILES string of the molecule is COCCS(=O)(=O)N1CCN(CC(C)C)C(c2cc3cnn(-c4ccc(F)cc4)c3cc2C)C1. The molecule has 1 unspecified atom stereocenters. The topological polar surface area (TPSA) is 67.7 Å². The second kappa shape index (κ2) is 10.1. The number of nitrogens with zero attached hydrogens (tertiary/aromatic N) is 4. The number of hydrogen-bond donors (Lipinski definition) is 0. The Labute approximate surface area is 201 Å².